The van der Waals surface area contributed by atoms with Crippen molar-refractivity contribution in [2.45, 2.75) is 315 Å². The first-order valence-electron chi connectivity index (χ1n) is 27.5. The number of carbonyl (C=O) groups excluding carboxylic acids is 2. The molecule has 6 nitrogen and oxygen atoms in total. The van der Waals surface area contributed by atoms with E-state index in [0.29, 0.717) is 19.4 Å². The van der Waals surface area contributed by atoms with Crippen LogP contribution in [0.2, 0.25) is 0 Å². The average Bonchev–Trinajstić information content (AvgIpc) is 3.26. The molecule has 0 rings (SSSR count). The Morgan fingerprint density at radius 2 is 0.754 bits per heavy atom. The fraction of sp³-hybridized carbons (Fsp3) is 0.927. The van der Waals surface area contributed by atoms with Crippen LogP contribution in [0.3, 0.4) is 0 Å². The minimum Gasteiger partial charge on any atom is -0.466 e. The molecule has 0 heterocycles. The number of ether oxygens (including phenoxy) is 1. The number of rotatable bonds is 51. The first-order valence-corrected chi connectivity index (χ1v) is 27.5. The van der Waals surface area contributed by atoms with Crippen LogP contribution in [-0.4, -0.2) is 47.4 Å². The summed E-state index contributed by atoms with van der Waals surface area (Å²) in [5, 5.41) is 23.1. The number of amides is 1. The van der Waals surface area contributed by atoms with Gasteiger partial charge in [0.2, 0.25) is 5.91 Å². The Morgan fingerprint density at radius 1 is 0.443 bits per heavy atom. The van der Waals surface area contributed by atoms with Crippen molar-refractivity contribution in [3.8, 4) is 0 Å². The summed E-state index contributed by atoms with van der Waals surface area (Å²) in [5.74, 6) is -0.117. The molecule has 0 bridgehead atoms. The summed E-state index contributed by atoms with van der Waals surface area (Å²) in [7, 11) is 0. The fourth-order valence-corrected chi connectivity index (χ4v) is 8.58. The highest BCUT2D eigenvalue weighted by atomic mass is 16.5. The van der Waals surface area contributed by atoms with Gasteiger partial charge in [-0.3, -0.25) is 9.59 Å². The van der Waals surface area contributed by atoms with Gasteiger partial charge in [-0.25, -0.2) is 0 Å². The second-order valence-corrected chi connectivity index (χ2v) is 18.9. The van der Waals surface area contributed by atoms with Crippen LogP contribution in [0.15, 0.2) is 12.2 Å². The molecule has 0 saturated heterocycles. The standard InChI is InChI=1S/C55H107NO5/c1-3-5-7-9-11-13-15-17-18-19-20-21-22-23-24-25-27-28-31-35-39-43-47-53(58)52(51-57)56-54(59)48-44-40-36-32-30-34-38-42-46-50-61-55(60)49-45-41-37-33-29-26-16-14-12-10-8-6-4-2/h43,47,52-53,57-58H,3-42,44-46,48-51H2,1-2H3,(H,56,59)/b47-43+. The molecule has 0 aromatic carbocycles. The van der Waals surface area contributed by atoms with E-state index in [9.17, 15) is 19.8 Å². The lowest BCUT2D eigenvalue weighted by Gasteiger charge is -2.20. The van der Waals surface area contributed by atoms with Crippen molar-refractivity contribution in [2.24, 2.45) is 0 Å². The van der Waals surface area contributed by atoms with Crippen molar-refractivity contribution in [1.29, 1.82) is 0 Å². The summed E-state index contributed by atoms with van der Waals surface area (Å²) in [6.07, 6.45) is 59.3. The molecular formula is C55H107NO5. The highest BCUT2D eigenvalue weighted by Gasteiger charge is 2.18. The number of aliphatic hydroxyl groups is 2. The van der Waals surface area contributed by atoms with E-state index < -0.39 is 12.1 Å². The lowest BCUT2D eigenvalue weighted by molar-refractivity contribution is -0.143. The Labute approximate surface area is 380 Å². The van der Waals surface area contributed by atoms with Crippen molar-refractivity contribution in [2.75, 3.05) is 13.2 Å². The van der Waals surface area contributed by atoms with Gasteiger partial charge < -0.3 is 20.3 Å². The van der Waals surface area contributed by atoms with Crippen LogP contribution in [0.5, 0.6) is 0 Å². The molecule has 362 valence electrons. The van der Waals surface area contributed by atoms with Crippen molar-refractivity contribution < 1.29 is 24.5 Å². The third kappa shape index (κ3) is 47.9. The second-order valence-electron chi connectivity index (χ2n) is 18.9. The van der Waals surface area contributed by atoms with E-state index in [2.05, 4.69) is 19.2 Å². The van der Waals surface area contributed by atoms with E-state index in [1.54, 1.807) is 6.08 Å². The highest BCUT2D eigenvalue weighted by Crippen LogP contribution is 2.17. The van der Waals surface area contributed by atoms with E-state index >= 15 is 0 Å². The summed E-state index contributed by atoms with van der Waals surface area (Å²) < 4.78 is 5.45. The summed E-state index contributed by atoms with van der Waals surface area (Å²) >= 11 is 0. The Balaban J connectivity index is 3.51. The van der Waals surface area contributed by atoms with E-state index in [0.717, 1.165) is 57.8 Å². The summed E-state index contributed by atoms with van der Waals surface area (Å²) in [6, 6.07) is -0.647. The number of allylic oxidation sites excluding steroid dienone is 1. The topological polar surface area (TPSA) is 95.9 Å². The summed E-state index contributed by atoms with van der Waals surface area (Å²) in [5.41, 5.74) is 0. The highest BCUT2D eigenvalue weighted by molar-refractivity contribution is 5.76. The molecule has 3 N–H and O–H groups in total. The maximum Gasteiger partial charge on any atom is 0.305 e. The maximum absolute atomic E-state index is 12.5. The Morgan fingerprint density at radius 3 is 1.11 bits per heavy atom. The van der Waals surface area contributed by atoms with Gasteiger partial charge in [0, 0.05) is 12.8 Å². The van der Waals surface area contributed by atoms with E-state index in [4.69, 9.17) is 4.74 Å². The van der Waals surface area contributed by atoms with Gasteiger partial charge in [0.15, 0.2) is 0 Å². The molecular weight excluding hydrogens is 755 g/mol. The Kier molecular flexibility index (Phi) is 50.1. The van der Waals surface area contributed by atoms with Crippen LogP contribution in [0.25, 0.3) is 0 Å². The van der Waals surface area contributed by atoms with Crippen LogP contribution in [0.1, 0.15) is 303 Å². The van der Waals surface area contributed by atoms with Crippen LogP contribution in [-0.2, 0) is 14.3 Å². The van der Waals surface area contributed by atoms with E-state index in [-0.39, 0.29) is 18.5 Å². The third-order valence-electron chi connectivity index (χ3n) is 12.8. The predicted molar refractivity (Wildman–Crippen MR) is 264 cm³/mol. The van der Waals surface area contributed by atoms with Crippen LogP contribution in [0.4, 0.5) is 0 Å². The molecule has 61 heavy (non-hydrogen) atoms. The molecule has 0 aliphatic rings. The third-order valence-corrected chi connectivity index (χ3v) is 12.8. The molecule has 0 spiro atoms. The molecule has 0 fully saturated rings. The van der Waals surface area contributed by atoms with Gasteiger partial charge in [0.25, 0.3) is 0 Å². The van der Waals surface area contributed by atoms with Gasteiger partial charge in [-0.1, -0.05) is 270 Å². The zero-order chi connectivity index (χ0) is 44.4. The van der Waals surface area contributed by atoms with Gasteiger partial charge in [-0.05, 0) is 32.1 Å². The number of unbranched alkanes of at least 4 members (excludes halogenated alkanes) is 40. The van der Waals surface area contributed by atoms with Crippen molar-refractivity contribution in [3.05, 3.63) is 12.2 Å². The minimum absolute atomic E-state index is 0.0249. The first kappa shape index (κ1) is 59.6. The van der Waals surface area contributed by atoms with Gasteiger partial charge in [0.05, 0.1) is 25.4 Å². The lowest BCUT2D eigenvalue weighted by Crippen LogP contribution is -2.45. The van der Waals surface area contributed by atoms with Crippen molar-refractivity contribution >= 4 is 11.9 Å². The van der Waals surface area contributed by atoms with Gasteiger partial charge >= 0.3 is 5.97 Å². The Hall–Kier alpha value is -1.40. The smallest absolute Gasteiger partial charge is 0.305 e. The van der Waals surface area contributed by atoms with E-state index in [1.165, 1.54) is 218 Å². The quantitative estimate of drug-likeness (QED) is 0.0322. The number of nitrogens with one attached hydrogen (secondary N) is 1. The molecule has 6 heteroatoms. The zero-order valence-electron chi connectivity index (χ0n) is 41.2. The van der Waals surface area contributed by atoms with Crippen LogP contribution in [0, 0.1) is 0 Å². The van der Waals surface area contributed by atoms with Crippen molar-refractivity contribution in [3.63, 3.8) is 0 Å². The first-order chi connectivity index (χ1) is 30.0. The SMILES string of the molecule is CCCCCCCCCCCCCCCCCCCCCC/C=C/C(O)C(CO)NC(=O)CCCCCCCCCCCOC(=O)CCCCCCCCCCCCCCC. The molecule has 0 aromatic rings. The van der Waals surface area contributed by atoms with Crippen LogP contribution >= 0.6 is 0 Å². The molecule has 0 radical (unpaired) electrons. The molecule has 1 amide bonds. The lowest BCUT2D eigenvalue weighted by atomic mass is 10.0. The van der Waals surface area contributed by atoms with E-state index in [1.807, 2.05) is 6.08 Å². The summed E-state index contributed by atoms with van der Waals surface area (Å²) in [6.45, 7) is 4.86. The zero-order valence-corrected chi connectivity index (χ0v) is 41.2. The maximum atomic E-state index is 12.5. The minimum atomic E-state index is -0.861. The normalized spacial score (nSPS) is 12.7. The van der Waals surface area contributed by atoms with Gasteiger partial charge in [0.1, 0.15) is 0 Å². The number of hydrogen-bond acceptors (Lipinski definition) is 5. The molecule has 2 unspecified atom stereocenters. The fourth-order valence-electron chi connectivity index (χ4n) is 8.58. The molecule has 0 aromatic heterocycles. The average molecular weight is 862 g/mol. The van der Waals surface area contributed by atoms with Crippen molar-refractivity contribution in [1.82, 2.24) is 5.32 Å². The van der Waals surface area contributed by atoms with Gasteiger partial charge in [-0.15, -0.1) is 0 Å². The largest absolute Gasteiger partial charge is 0.466 e. The molecule has 0 aliphatic carbocycles. The van der Waals surface area contributed by atoms with Gasteiger partial charge in [-0.2, -0.15) is 0 Å². The molecule has 0 aliphatic heterocycles. The number of carbonyl (C=O) groups is 2. The monoisotopic (exact) mass is 862 g/mol. The number of esters is 1. The Bertz CT molecular complexity index is 909. The number of hydrogen-bond donors (Lipinski definition) is 3. The predicted octanol–water partition coefficient (Wildman–Crippen LogP) is 16.5. The second kappa shape index (κ2) is 51.2. The van der Waals surface area contributed by atoms with Crippen LogP contribution < -0.4 is 5.32 Å². The molecule has 2 atom stereocenters. The molecule has 0 saturated carbocycles. The summed E-state index contributed by atoms with van der Waals surface area (Å²) in [4.78, 5) is 24.5. The number of aliphatic hydroxyl groups excluding tert-OH is 2.